The van der Waals surface area contributed by atoms with E-state index in [9.17, 15) is 9.18 Å². The first-order valence-corrected chi connectivity index (χ1v) is 9.03. The minimum Gasteiger partial charge on any atom is -0.300 e. The third kappa shape index (κ3) is 4.09. The lowest BCUT2D eigenvalue weighted by molar-refractivity contribution is -0.113. The molecule has 0 fully saturated rings. The van der Waals surface area contributed by atoms with E-state index in [2.05, 4.69) is 32.3 Å². The van der Waals surface area contributed by atoms with Gasteiger partial charge in [-0.1, -0.05) is 41.3 Å². The Bertz CT molecular complexity index is 880. The van der Waals surface area contributed by atoms with Crippen LogP contribution in [0.5, 0.6) is 0 Å². The van der Waals surface area contributed by atoms with Gasteiger partial charge in [0.2, 0.25) is 11.0 Å². The summed E-state index contributed by atoms with van der Waals surface area (Å²) in [4.78, 5) is 12.0. The average Bonchev–Trinajstić information content (AvgIpc) is 3.24. The van der Waals surface area contributed by atoms with Crippen molar-refractivity contribution in [3.05, 3.63) is 48.2 Å². The molecule has 0 radical (unpaired) electrons. The standard InChI is InChI=1S/C15H13FN6OS2/c1-2-7-22-13(10-5-3-4-6-11(10)16)19-21-15(22)24-8-12(23)18-14-20-17-9-25-14/h2-6,9H,1,7-8H2,(H,18,20,23). The Balaban J connectivity index is 1.76. The summed E-state index contributed by atoms with van der Waals surface area (Å²) in [6.45, 7) is 4.11. The average molecular weight is 376 g/mol. The van der Waals surface area contributed by atoms with Crippen LogP contribution in [0.1, 0.15) is 0 Å². The van der Waals surface area contributed by atoms with Crippen molar-refractivity contribution in [2.24, 2.45) is 0 Å². The smallest absolute Gasteiger partial charge is 0.236 e. The van der Waals surface area contributed by atoms with Crippen LogP contribution in [-0.2, 0) is 11.3 Å². The van der Waals surface area contributed by atoms with Crippen molar-refractivity contribution in [2.45, 2.75) is 11.7 Å². The molecular formula is C15H13FN6OS2. The number of nitrogens with zero attached hydrogens (tertiary/aromatic N) is 5. The van der Waals surface area contributed by atoms with E-state index in [1.165, 1.54) is 34.7 Å². The van der Waals surface area contributed by atoms with Crippen LogP contribution < -0.4 is 5.32 Å². The molecule has 0 bridgehead atoms. The molecule has 0 aliphatic heterocycles. The number of carbonyl (C=O) groups is 1. The predicted molar refractivity (Wildman–Crippen MR) is 94.9 cm³/mol. The van der Waals surface area contributed by atoms with Gasteiger partial charge in [0.25, 0.3) is 0 Å². The number of allylic oxidation sites excluding steroid dienone is 1. The summed E-state index contributed by atoms with van der Waals surface area (Å²) in [5.74, 6) is -0.107. The van der Waals surface area contributed by atoms with Crippen molar-refractivity contribution in [3.63, 3.8) is 0 Å². The fourth-order valence-corrected chi connectivity index (χ4v) is 3.25. The van der Waals surface area contributed by atoms with Gasteiger partial charge in [0.15, 0.2) is 11.0 Å². The fourth-order valence-electron chi connectivity index (χ4n) is 2.04. The number of benzene rings is 1. The molecule has 0 saturated carbocycles. The Morgan fingerprint density at radius 3 is 2.92 bits per heavy atom. The SMILES string of the molecule is C=CCn1c(SCC(=O)Nc2nncs2)nnc1-c1ccccc1F. The Kier molecular flexibility index (Phi) is 5.51. The lowest BCUT2D eigenvalue weighted by atomic mass is 10.2. The fraction of sp³-hybridized carbons (Fsp3) is 0.133. The maximum absolute atomic E-state index is 14.0. The minimum atomic E-state index is -0.384. The van der Waals surface area contributed by atoms with E-state index < -0.39 is 0 Å². The topological polar surface area (TPSA) is 85.6 Å². The lowest BCUT2D eigenvalue weighted by Gasteiger charge is -2.08. The first kappa shape index (κ1) is 17.2. The van der Waals surface area contributed by atoms with Crippen LogP contribution in [0.25, 0.3) is 11.4 Å². The van der Waals surface area contributed by atoms with Crippen LogP contribution in [0.15, 0.2) is 47.6 Å². The van der Waals surface area contributed by atoms with E-state index in [0.717, 1.165) is 0 Å². The molecule has 1 N–H and O–H groups in total. The van der Waals surface area contributed by atoms with E-state index in [1.54, 1.807) is 28.8 Å². The van der Waals surface area contributed by atoms with Crippen LogP contribution in [0.4, 0.5) is 9.52 Å². The quantitative estimate of drug-likeness (QED) is 0.504. The molecular weight excluding hydrogens is 363 g/mol. The highest BCUT2D eigenvalue weighted by atomic mass is 32.2. The van der Waals surface area contributed by atoms with Gasteiger partial charge in [-0.25, -0.2) is 4.39 Å². The van der Waals surface area contributed by atoms with Gasteiger partial charge >= 0.3 is 0 Å². The zero-order chi connectivity index (χ0) is 17.6. The van der Waals surface area contributed by atoms with Crippen molar-refractivity contribution >= 4 is 34.1 Å². The number of nitrogens with one attached hydrogen (secondary N) is 1. The molecule has 2 aromatic heterocycles. The molecule has 2 heterocycles. The second kappa shape index (κ2) is 7.99. The maximum Gasteiger partial charge on any atom is 0.236 e. The maximum atomic E-state index is 14.0. The molecule has 25 heavy (non-hydrogen) atoms. The number of anilines is 1. The van der Waals surface area contributed by atoms with Gasteiger partial charge in [-0.05, 0) is 12.1 Å². The summed E-state index contributed by atoms with van der Waals surface area (Å²) in [6, 6.07) is 6.34. The van der Waals surface area contributed by atoms with Gasteiger partial charge in [0, 0.05) is 6.54 Å². The molecule has 7 nitrogen and oxygen atoms in total. The largest absolute Gasteiger partial charge is 0.300 e. The van der Waals surface area contributed by atoms with Gasteiger partial charge < -0.3 is 0 Å². The first-order valence-electron chi connectivity index (χ1n) is 7.17. The minimum absolute atomic E-state index is 0.117. The molecule has 3 aromatic rings. The van der Waals surface area contributed by atoms with Crippen molar-refractivity contribution in [2.75, 3.05) is 11.1 Å². The van der Waals surface area contributed by atoms with Crippen LogP contribution in [0, 0.1) is 5.82 Å². The number of hydrogen-bond acceptors (Lipinski definition) is 7. The molecule has 3 rings (SSSR count). The highest BCUT2D eigenvalue weighted by molar-refractivity contribution is 7.99. The van der Waals surface area contributed by atoms with Gasteiger partial charge in [-0.2, -0.15) is 0 Å². The zero-order valence-corrected chi connectivity index (χ0v) is 14.6. The highest BCUT2D eigenvalue weighted by Crippen LogP contribution is 2.26. The molecule has 1 amide bonds. The summed E-state index contributed by atoms with van der Waals surface area (Å²) in [6.07, 6.45) is 1.67. The summed E-state index contributed by atoms with van der Waals surface area (Å²) in [5.41, 5.74) is 1.88. The zero-order valence-electron chi connectivity index (χ0n) is 12.9. The van der Waals surface area contributed by atoms with E-state index in [4.69, 9.17) is 0 Å². The molecule has 0 aliphatic carbocycles. The number of carbonyl (C=O) groups excluding carboxylic acids is 1. The second-order valence-corrected chi connectivity index (χ2v) is 6.54. The lowest BCUT2D eigenvalue weighted by Crippen LogP contribution is -2.14. The number of amides is 1. The second-order valence-electron chi connectivity index (χ2n) is 4.77. The van der Waals surface area contributed by atoms with Gasteiger partial charge in [-0.15, -0.1) is 27.0 Å². The number of thioether (sulfide) groups is 1. The number of hydrogen-bond donors (Lipinski definition) is 1. The predicted octanol–water partition coefficient (Wildman–Crippen LogP) is 2.85. The monoisotopic (exact) mass is 376 g/mol. The Morgan fingerprint density at radius 1 is 1.36 bits per heavy atom. The summed E-state index contributed by atoms with van der Waals surface area (Å²) < 4.78 is 15.8. The van der Waals surface area contributed by atoms with Gasteiger partial charge in [0.05, 0.1) is 11.3 Å². The van der Waals surface area contributed by atoms with Crippen molar-refractivity contribution in [1.82, 2.24) is 25.0 Å². The molecule has 0 unspecified atom stereocenters. The first-order chi connectivity index (χ1) is 12.2. The Labute approximate surface area is 151 Å². The van der Waals surface area contributed by atoms with Crippen LogP contribution in [0.2, 0.25) is 0 Å². The molecule has 0 atom stereocenters. The van der Waals surface area contributed by atoms with Gasteiger partial charge in [-0.3, -0.25) is 14.7 Å². The van der Waals surface area contributed by atoms with Crippen molar-refractivity contribution in [3.8, 4) is 11.4 Å². The molecule has 0 saturated heterocycles. The molecule has 10 heteroatoms. The van der Waals surface area contributed by atoms with Crippen LogP contribution in [-0.4, -0.2) is 36.6 Å². The third-order valence-corrected chi connectivity index (χ3v) is 4.66. The number of aromatic nitrogens is 5. The molecule has 128 valence electrons. The summed E-state index contributed by atoms with van der Waals surface area (Å²) in [7, 11) is 0. The van der Waals surface area contributed by atoms with Crippen LogP contribution >= 0.6 is 23.1 Å². The molecule has 0 aliphatic rings. The third-order valence-electron chi connectivity index (χ3n) is 3.08. The summed E-state index contributed by atoms with van der Waals surface area (Å²) in [5, 5.41) is 19.1. The molecule has 0 spiro atoms. The van der Waals surface area contributed by atoms with Gasteiger partial charge in [0.1, 0.15) is 11.3 Å². The number of halogens is 1. The molecule has 1 aromatic carbocycles. The summed E-state index contributed by atoms with van der Waals surface area (Å²) >= 11 is 2.44. The van der Waals surface area contributed by atoms with E-state index in [1.807, 2.05) is 0 Å². The van der Waals surface area contributed by atoms with Crippen molar-refractivity contribution < 1.29 is 9.18 Å². The normalized spacial score (nSPS) is 10.6. The highest BCUT2D eigenvalue weighted by Gasteiger charge is 2.17. The van der Waals surface area contributed by atoms with E-state index >= 15 is 0 Å². The Hall–Kier alpha value is -2.59. The van der Waals surface area contributed by atoms with Crippen LogP contribution in [0.3, 0.4) is 0 Å². The number of rotatable bonds is 7. The van der Waals surface area contributed by atoms with E-state index in [0.29, 0.717) is 28.2 Å². The van der Waals surface area contributed by atoms with Crippen molar-refractivity contribution in [1.29, 1.82) is 0 Å². The van der Waals surface area contributed by atoms with E-state index in [-0.39, 0.29) is 17.5 Å². The Morgan fingerprint density at radius 2 is 2.20 bits per heavy atom.